The van der Waals surface area contributed by atoms with Gasteiger partial charge in [0.25, 0.3) is 0 Å². The first-order chi connectivity index (χ1) is 10.6. The summed E-state index contributed by atoms with van der Waals surface area (Å²) in [6.45, 7) is 1.66. The molecule has 118 valence electrons. The van der Waals surface area contributed by atoms with Gasteiger partial charge in [0.2, 0.25) is 11.8 Å². The second-order valence-corrected chi connectivity index (χ2v) is 6.14. The molecule has 2 heterocycles. The van der Waals surface area contributed by atoms with Crippen LogP contribution in [-0.4, -0.2) is 37.6 Å². The number of carbonyl (C=O) groups is 2. The Labute approximate surface area is 134 Å². The van der Waals surface area contributed by atoms with Crippen molar-refractivity contribution in [2.24, 2.45) is 5.92 Å². The molecule has 2 aliphatic heterocycles. The highest BCUT2D eigenvalue weighted by Gasteiger charge is 2.36. The van der Waals surface area contributed by atoms with Crippen molar-refractivity contribution in [3.63, 3.8) is 0 Å². The third kappa shape index (κ3) is 3.25. The highest BCUT2D eigenvalue weighted by Crippen LogP contribution is 2.31. The number of para-hydroxylation sites is 1. The lowest BCUT2D eigenvalue weighted by Gasteiger charge is -2.18. The fourth-order valence-corrected chi connectivity index (χ4v) is 3.19. The zero-order valence-corrected chi connectivity index (χ0v) is 13.0. The first-order valence-corrected chi connectivity index (χ1v) is 7.97. The summed E-state index contributed by atoms with van der Waals surface area (Å²) in [5.74, 6) is -0.478. The van der Waals surface area contributed by atoms with Crippen molar-refractivity contribution in [1.29, 1.82) is 0 Å². The van der Waals surface area contributed by atoms with Crippen molar-refractivity contribution in [2.45, 2.75) is 25.4 Å². The average Bonchev–Trinajstić information content (AvgIpc) is 3.15. The van der Waals surface area contributed by atoms with Crippen molar-refractivity contribution in [3.05, 3.63) is 29.3 Å². The minimum Gasteiger partial charge on any atom is -0.376 e. The topological polar surface area (TPSA) is 58.6 Å². The Morgan fingerprint density at radius 3 is 2.95 bits per heavy atom. The summed E-state index contributed by atoms with van der Waals surface area (Å²) in [6.07, 6.45) is 2.36. The lowest BCUT2D eigenvalue weighted by Crippen LogP contribution is -2.37. The van der Waals surface area contributed by atoms with Crippen molar-refractivity contribution >= 4 is 29.1 Å². The molecule has 22 heavy (non-hydrogen) atoms. The lowest BCUT2D eigenvalue weighted by molar-refractivity contribution is -0.126. The van der Waals surface area contributed by atoms with Gasteiger partial charge in [0, 0.05) is 26.1 Å². The molecule has 6 heteroatoms. The predicted molar refractivity (Wildman–Crippen MR) is 83.9 cm³/mol. The average molecular weight is 323 g/mol. The maximum atomic E-state index is 12.2. The number of amides is 2. The van der Waals surface area contributed by atoms with Crippen LogP contribution in [0.2, 0.25) is 5.02 Å². The molecule has 5 nitrogen and oxygen atoms in total. The minimum atomic E-state index is -0.329. The van der Waals surface area contributed by atoms with Crippen molar-refractivity contribution in [3.8, 4) is 0 Å². The van der Waals surface area contributed by atoms with Gasteiger partial charge in [-0.3, -0.25) is 9.59 Å². The maximum absolute atomic E-state index is 12.2. The van der Waals surface area contributed by atoms with E-state index in [0.29, 0.717) is 23.8 Å². The Hall–Kier alpha value is -1.59. The summed E-state index contributed by atoms with van der Waals surface area (Å²) < 4.78 is 5.48. The minimum absolute atomic E-state index is 0.0645. The number of hydrogen-bond donors (Lipinski definition) is 1. The third-order valence-electron chi connectivity index (χ3n) is 4.17. The van der Waals surface area contributed by atoms with E-state index in [-0.39, 0.29) is 30.3 Å². The van der Waals surface area contributed by atoms with Gasteiger partial charge in [0.15, 0.2) is 0 Å². The van der Waals surface area contributed by atoms with Crippen LogP contribution in [0.4, 0.5) is 5.69 Å². The molecular weight excluding hydrogens is 304 g/mol. The van der Waals surface area contributed by atoms with Gasteiger partial charge >= 0.3 is 0 Å². The first-order valence-electron chi connectivity index (χ1n) is 7.59. The van der Waals surface area contributed by atoms with Crippen LogP contribution in [0, 0.1) is 5.92 Å². The molecule has 0 aliphatic carbocycles. The van der Waals surface area contributed by atoms with Crippen LogP contribution in [0.5, 0.6) is 0 Å². The van der Waals surface area contributed by atoms with Crippen molar-refractivity contribution in [1.82, 2.24) is 5.32 Å². The van der Waals surface area contributed by atoms with E-state index >= 15 is 0 Å². The largest absolute Gasteiger partial charge is 0.376 e. The summed E-state index contributed by atoms with van der Waals surface area (Å²) in [5, 5.41) is 3.42. The Kier molecular flexibility index (Phi) is 4.64. The van der Waals surface area contributed by atoms with E-state index in [1.807, 2.05) is 12.1 Å². The van der Waals surface area contributed by atoms with Crippen LogP contribution in [0.15, 0.2) is 24.3 Å². The van der Waals surface area contributed by atoms with Crippen LogP contribution in [0.3, 0.4) is 0 Å². The highest BCUT2D eigenvalue weighted by molar-refractivity contribution is 6.33. The number of nitrogens with zero attached hydrogens (tertiary/aromatic N) is 1. The SMILES string of the molecule is O=C(NC[C@H]1CCCO1)[C@H]1CC(=O)N(c2ccccc2Cl)C1. The van der Waals surface area contributed by atoms with Crippen LogP contribution in [0.1, 0.15) is 19.3 Å². The fourth-order valence-electron chi connectivity index (χ4n) is 2.95. The molecule has 2 saturated heterocycles. The Balaban J connectivity index is 1.59. The smallest absolute Gasteiger partial charge is 0.227 e. The van der Waals surface area contributed by atoms with E-state index in [1.54, 1.807) is 17.0 Å². The number of ether oxygens (including phenoxy) is 1. The molecule has 0 unspecified atom stereocenters. The normalized spacial score (nSPS) is 24.8. The number of carbonyl (C=O) groups excluding carboxylic acids is 2. The molecule has 1 N–H and O–H groups in total. The van der Waals surface area contributed by atoms with E-state index < -0.39 is 0 Å². The second kappa shape index (κ2) is 6.67. The monoisotopic (exact) mass is 322 g/mol. The molecule has 2 fully saturated rings. The molecule has 2 amide bonds. The molecule has 2 aliphatic rings. The van der Waals surface area contributed by atoms with Crippen LogP contribution >= 0.6 is 11.6 Å². The first kappa shape index (κ1) is 15.3. The molecule has 1 aromatic carbocycles. The van der Waals surface area contributed by atoms with Gasteiger partial charge in [-0.1, -0.05) is 23.7 Å². The maximum Gasteiger partial charge on any atom is 0.227 e. The quantitative estimate of drug-likeness (QED) is 0.922. The van der Waals surface area contributed by atoms with Gasteiger partial charge in [-0.25, -0.2) is 0 Å². The van der Waals surface area contributed by atoms with E-state index in [0.717, 1.165) is 19.4 Å². The molecular formula is C16H19ClN2O3. The van der Waals surface area contributed by atoms with Crippen LogP contribution in [-0.2, 0) is 14.3 Å². The molecule has 0 radical (unpaired) electrons. The van der Waals surface area contributed by atoms with Crippen molar-refractivity contribution in [2.75, 3.05) is 24.6 Å². The number of hydrogen-bond acceptors (Lipinski definition) is 3. The van der Waals surface area contributed by atoms with Gasteiger partial charge in [-0.05, 0) is 25.0 Å². The van der Waals surface area contributed by atoms with Gasteiger partial charge in [0.05, 0.1) is 22.7 Å². The summed E-state index contributed by atoms with van der Waals surface area (Å²) in [5.41, 5.74) is 0.670. The Morgan fingerprint density at radius 2 is 2.23 bits per heavy atom. The second-order valence-electron chi connectivity index (χ2n) is 5.74. The summed E-state index contributed by atoms with van der Waals surface area (Å²) in [7, 11) is 0. The Morgan fingerprint density at radius 1 is 1.41 bits per heavy atom. The zero-order chi connectivity index (χ0) is 15.5. The molecule has 0 bridgehead atoms. The number of halogens is 1. The lowest BCUT2D eigenvalue weighted by atomic mass is 10.1. The van der Waals surface area contributed by atoms with E-state index in [2.05, 4.69) is 5.32 Å². The van der Waals surface area contributed by atoms with Gasteiger partial charge in [0.1, 0.15) is 0 Å². The summed E-state index contributed by atoms with van der Waals surface area (Å²) in [6, 6.07) is 7.19. The molecule has 0 saturated carbocycles. The highest BCUT2D eigenvalue weighted by atomic mass is 35.5. The fraction of sp³-hybridized carbons (Fsp3) is 0.500. The molecule has 3 rings (SSSR count). The van der Waals surface area contributed by atoms with Crippen molar-refractivity contribution < 1.29 is 14.3 Å². The van der Waals surface area contributed by atoms with Crippen LogP contribution in [0.25, 0.3) is 0 Å². The molecule has 1 aromatic rings. The van der Waals surface area contributed by atoms with E-state index in [4.69, 9.17) is 16.3 Å². The number of rotatable bonds is 4. The molecule has 2 atom stereocenters. The summed E-state index contributed by atoms with van der Waals surface area (Å²) in [4.78, 5) is 26.0. The van der Waals surface area contributed by atoms with Gasteiger partial charge < -0.3 is 15.0 Å². The van der Waals surface area contributed by atoms with Gasteiger partial charge in [-0.15, -0.1) is 0 Å². The molecule has 0 spiro atoms. The number of anilines is 1. The predicted octanol–water partition coefficient (Wildman–Crippen LogP) is 1.99. The summed E-state index contributed by atoms with van der Waals surface area (Å²) >= 11 is 6.13. The van der Waals surface area contributed by atoms with Crippen LogP contribution < -0.4 is 10.2 Å². The van der Waals surface area contributed by atoms with E-state index in [9.17, 15) is 9.59 Å². The number of nitrogens with one attached hydrogen (secondary N) is 1. The molecule has 0 aromatic heterocycles. The Bertz CT molecular complexity index is 572. The van der Waals surface area contributed by atoms with E-state index in [1.165, 1.54) is 0 Å². The van der Waals surface area contributed by atoms with Gasteiger partial charge in [-0.2, -0.15) is 0 Å². The third-order valence-corrected chi connectivity index (χ3v) is 4.49. The number of benzene rings is 1. The standard InChI is InChI=1S/C16H19ClN2O3/c17-13-5-1-2-6-14(13)19-10-11(8-15(19)20)16(21)18-9-12-4-3-7-22-12/h1-2,5-6,11-12H,3-4,7-10H2,(H,18,21)/t11-,12+/m0/s1. The zero-order valence-electron chi connectivity index (χ0n) is 12.3.